The summed E-state index contributed by atoms with van der Waals surface area (Å²) in [6.07, 6.45) is 0. The lowest BCUT2D eigenvalue weighted by Crippen LogP contribution is -2.02. The van der Waals surface area contributed by atoms with Crippen molar-refractivity contribution in [3.63, 3.8) is 0 Å². The molecule has 0 aliphatic rings. The molecule has 128 valence electrons. The number of para-hydroxylation sites is 2. The van der Waals surface area contributed by atoms with Gasteiger partial charge < -0.3 is 9.73 Å². The summed E-state index contributed by atoms with van der Waals surface area (Å²) in [5, 5.41) is 14.6. The van der Waals surface area contributed by atoms with Gasteiger partial charge >= 0.3 is 0 Å². The van der Waals surface area contributed by atoms with Crippen LogP contribution >= 0.6 is 0 Å². The number of oxazole rings is 1. The van der Waals surface area contributed by atoms with Gasteiger partial charge in [-0.25, -0.2) is 4.98 Å². The molecule has 1 heterocycles. The monoisotopic (exact) mass is 345 g/mol. The van der Waals surface area contributed by atoms with E-state index in [0.29, 0.717) is 29.3 Å². The number of nitro benzene ring substituents is 1. The van der Waals surface area contributed by atoms with Gasteiger partial charge in [0, 0.05) is 18.2 Å². The second-order valence-corrected chi connectivity index (χ2v) is 5.81. The van der Waals surface area contributed by atoms with Crippen molar-refractivity contribution in [2.45, 2.75) is 6.54 Å². The molecule has 4 rings (SSSR count). The summed E-state index contributed by atoms with van der Waals surface area (Å²) in [5.74, 6) is 0.365. The first-order valence-corrected chi connectivity index (χ1v) is 8.13. The number of nitro groups is 1. The number of benzene rings is 3. The van der Waals surface area contributed by atoms with Crippen LogP contribution in [-0.2, 0) is 6.54 Å². The van der Waals surface area contributed by atoms with Crippen LogP contribution in [0.3, 0.4) is 0 Å². The van der Waals surface area contributed by atoms with Crippen molar-refractivity contribution in [2.75, 3.05) is 5.32 Å². The maximum absolute atomic E-state index is 11.5. The Labute approximate surface area is 149 Å². The highest BCUT2D eigenvalue weighted by atomic mass is 16.6. The second-order valence-electron chi connectivity index (χ2n) is 5.81. The minimum absolute atomic E-state index is 0.0133. The predicted molar refractivity (Wildman–Crippen MR) is 99.9 cm³/mol. The minimum Gasteiger partial charge on any atom is -0.436 e. The highest BCUT2D eigenvalue weighted by molar-refractivity contribution is 5.77. The van der Waals surface area contributed by atoms with E-state index in [4.69, 9.17) is 4.42 Å². The fourth-order valence-electron chi connectivity index (χ4n) is 2.75. The second kappa shape index (κ2) is 6.68. The molecule has 4 aromatic rings. The van der Waals surface area contributed by atoms with Crippen LogP contribution in [0, 0.1) is 10.1 Å². The zero-order valence-corrected chi connectivity index (χ0v) is 13.8. The van der Waals surface area contributed by atoms with E-state index < -0.39 is 4.92 Å². The normalized spacial score (nSPS) is 10.8. The quantitative estimate of drug-likeness (QED) is 0.406. The average molecular weight is 345 g/mol. The van der Waals surface area contributed by atoms with Crippen LogP contribution in [0.25, 0.3) is 22.6 Å². The molecule has 0 unspecified atom stereocenters. The Balaban J connectivity index is 1.65. The Morgan fingerprint density at radius 2 is 1.77 bits per heavy atom. The molecule has 0 saturated carbocycles. The summed E-state index contributed by atoms with van der Waals surface area (Å²) in [5.41, 5.74) is 3.43. The fraction of sp³-hybridized carbons (Fsp3) is 0.0500. The Morgan fingerprint density at radius 1 is 1.00 bits per heavy atom. The van der Waals surface area contributed by atoms with Crippen molar-refractivity contribution >= 4 is 22.5 Å². The van der Waals surface area contributed by atoms with E-state index in [2.05, 4.69) is 10.3 Å². The van der Waals surface area contributed by atoms with E-state index in [1.54, 1.807) is 12.1 Å². The Hall–Kier alpha value is -3.67. The van der Waals surface area contributed by atoms with Crippen molar-refractivity contribution < 1.29 is 9.34 Å². The topological polar surface area (TPSA) is 81.2 Å². The van der Waals surface area contributed by atoms with Crippen molar-refractivity contribution in [3.8, 4) is 11.5 Å². The summed E-state index contributed by atoms with van der Waals surface area (Å²) in [6, 6.07) is 22.0. The molecule has 6 heteroatoms. The van der Waals surface area contributed by atoms with Gasteiger partial charge in [0.2, 0.25) is 5.89 Å². The van der Waals surface area contributed by atoms with E-state index in [-0.39, 0.29) is 5.69 Å². The molecular weight excluding hydrogens is 330 g/mol. The summed E-state index contributed by atoms with van der Waals surface area (Å²) < 4.78 is 5.70. The van der Waals surface area contributed by atoms with Crippen LogP contribution in [-0.4, -0.2) is 9.91 Å². The molecule has 0 bridgehead atoms. The van der Waals surface area contributed by atoms with Gasteiger partial charge in [-0.15, -0.1) is 0 Å². The maximum atomic E-state index is 11.5. The van der Waals surface area contributed by atoms with Gasteiger partial charge in [-0.05, 0) is 29.8 Å². The summed E-state index contributed by atoms with van der Waals surface area (Å²) in [6.45, 7) is 0.504. The average Bonchev–Trinajstić information content (AvgIpc) is 3.11. The molecule has 0 aliphatic carbocycles. The molecule has 0 fully saturated rings. The zero-order valence-electron chi connectivity index (χ0n) is 13.8. The molecule has 1 aromatic heterocycles. The molecule has 6 nitrogen and oxygen atoms in total. The lowest BCUT2D eigenvalue weighted by atomic mass is 10.1. The molecule has 0 saturated heterocycles. The van der Waals surface area contributed by atoms with Crippen LogP contribution < -0.4 is 5.32 Å². The van der Waals surface area contributed by atoms with E-state index in [1.807, 2.05) is 54.6 Å². The van der Waals surface area contributed by atoms with Crippen LogP contribution in [0.4, 0.5) is 11.4 Å². The maximum Gasteiger partial charge on any atom is 0.293 e. The van der Waals surface area contributed by atoms with Crippen molar-refractivity contribution in [1.82, 2.24) is 4.98 Å². The third-order valence-corrected chi connectivity index (χ3v) is 4.06. The minimum atomic E-state index is -0.403. The molecule has 0 amide bonds. The largest absolute Gasteiger partial charge is 0.436 e. The van der Waals surface area contributed by atoms with Crippen LogP contribution in [0.1, 0.15) is 5.56 Å². The lowest BCUT2D eigenvalue weighted by molar-refractivity contribution is -0.383. The molecule has 0 spiro atoms. The number of nitrogens with one attached hydrogen (secondary N) is 1. The van der Waals surface area contributed by atoms with Gasteiger partial charge in [-0.2, -0.15) is 0 Å². The van der Waals surface area contributed by atoms with E-state index in [1.165, 1.54) is 6.07 Å². The number of rotatable bonds is 5. The van der Waals surface area contributed by atoms with Crippen molar-refractivity contribution in [3.05, 3.63) is 88.5 Å². The lowest BCUT2D eigenvalue weighted by Gasteiger charge is -2.08. The third kappa shape index (κ3) is 3.12. The molecule has 0 radical (unpaired) electrons. The van der Waals surface area contributed by atoms with Crippen LogP contribution in [0.5, 0.6) is 0 Å². The number of anilines is 1. The fourth-order valence-corrected chi connectivity index (χ4v) is 2.75. The van der Waals surface area contributed by atoms with Gasteiger partial charge in [0.15, 0.2) is 5.58 Å². The Morgan fingerprint density at radius 3 is 2.54 bits per heavy atom. The highest BCUT2D eigenvalue weighted by Gasteiger charge is 2.17. The van der Waals surface area contributed by atoms with E-state index in [9.17, 15) is 10.1 Å². The van der Waals surface area contributed by atoms with Crippen LogP contribution in [0.2, 0.25) is 0 Å². The van der Waals surface area contributed by atoms with Crippen molar-refractivity contribution in [1.29, 1.82) is 0 Å². The molecular formula is C20H15N3O3. The van der Waals surface area contributed by atoms with Crippen LogP contribution in [0.15, 0.2) is 77.2 Å². The number of nitrogens with zero attached hydrogens (tertiary/aromatic N) is 2. The molecule has 1 N–H and O–H groups in total. The van der Waals surface area contributed by atoms with E-state index >= 15 is 0 Å². The first-order valence-electron chi connectivity index (χ1n) is 8.13. The molecule has 3 aromatic carbocycles. The zero-order chi connectivity index (χ0) is 17.9. The number of fused-ring (bicyclic) bond motifs is 1. The molecule has 0 atom stereocenters. The first-order chi connectivity index (χ1) is 12.7. The summed E-state index contributed by atoms with van der Waals surface area (Å²) in [4.78, 5) is 15.5. The van der Waals surface area contributed by atoms with Gasteiger partial charge in [0.1, 0.15) is 11.2 Å². The van der Waals surface area contributed by atoms with E-state index in [0.717, 1.165) is 11.1 Å². The third-order valence-electron chi connectivity index (χ3n) is 4.06. The standard InChI is InChI=1S/C20H15N3O3/c24-23(25)18-12-15(20-22-17-8-4-5-9-19(17)26-20)10-11-16(18)21-13-14-6-2-1-3-7-14/h1-12,21H,13H2. The predicted octanol–water partition coefficient (Wildman–Crippen LogP) is 5.02. The summed E-state index contributed by atoms with van der Waals surface area (Å²) in [7, 11) is 0. The number of hydrogen-bond acceptors (Lipinski definition) is 5. The smallest absolute Gasteiger partial charge is 0.293 e. The summed E-state index contributed by atoms with van der Waals surface area (Å²) >= 11 is 0. The van der Waals surface area contributed by atoms with Gasteiger partial charge in [-0.1, -0.05) is 42.5 Å². The SMILES string of the molecule is O=[N+]([O-])c1cc(-c2nc3ccccc3o2)ccc1NCc1ccccc1. The number of hydrogen-bond donors (Lipinski definition) is 1. The van der Waals surface area contributed by atoms with Gasteiger partial charge in [-0.3, -0.25) is 10.1 Å². The van der Waals surface area contributed by atoms with Gasteiger partial charge in [0.25, 0.3) is 5.69 Å². The number of aromatic nitrogens is 1. The molecule has 26 heavy (non-hydrogen) atoms. The molecule has 0 aliphatic heterocycles. The Kier molecular flexibility index (Phi) is 4.07. The first kappa shape index (κ1) is 15.8. The highest BCUT2D eigenvalue weighted by Crippen LogP contribution is 2.32. The van der Waals surface area contributed by atoms with Crippen molar-refractivity contribution in [2.24, 2.45) is 0 Å². The van der Waals surface area contributed by atoms with Gasteiger partial charge in [0.05, 0.1) is 4.92 Å². The Bertz CT molecular complexity index is 1040.